The maximum atomic E-state index is 12.8. The molecule has 2 aliphatic heterocycles. The Morgan fingerprint density at radius 1 is 1.05 bits per heavy atom. The van der Waals surface area contributed by atoms with Crippen LogP contribution >= 0.6 is 0 Å². The van der Waals surface area contributed by atoms with E-state index in [-0.39, 0.29) is 16.5 Å². The van der Waals surface area contributed by atoms with Crippen LogP contribution in [0.5, 0.6) is 11.5 Å². The average molecular weight is 600 g/mol. The number of hydrogen-bond acceptors (Lipinski definition) is 7. The molecule has 0 amide bonds. The van der Waals surface area contributed by atoms with E-state index in [1.54, 1.807) is 12.1 Å². The highest BCUT2D eigenvalue weighted by atomic mass is 32.2. The van der Waals surface area contributed by atoms with Crippen molar-refractivity contribution in [3.05, 3.63) is 58.7 Å². The maximum absolute atomic E-state index is 12.8. The number of nitrogens with zero attached hydrogens (tertiary/aromatic N) is 1. The molecule has 0 aromatic heterocycles. The average Bonchev–Trinajstić information content (AvgIpc) is 3.43. The Morgan fingerprint density at radius 2 is 1.76 bits per heavy atom. The number of unbranched alkanes of at least 4 members (excludes halogenated alkanes) is 3. The van der Waals surface area contributed by atoms with Gasteiger partial charge < -0.3 is 14.2 Å². The standard InChI is InChI=1S/C26H37NO4.C7H8O3S/c1-4-5-6-7-9-19-16-22(30-24(28)18-27-12-14-29-15-13-27)25-20-10-8-11-21(20)26(2,3)31-23(25)17-19;1-6-2-4-7(5-3-6)11(8,9)10/h16-17H,4-15,18H2,1-3H3;2-5H,1H3,(H,8,9,10). The number of ether oxygens (including phenoxy) is 3. The topological polar surface area (TPSA) is 102 Å². The molecule has 3 aliphatic rings. The van der Waals surface area contributed by atoms with Crippen LogP contribution in [0.25, 0.3) is 5.57 Å². The van der Waals surface area contributed by atoms with Crippen molar-refractivity contribution < 1.29 is 32.0 Å². The van der Waals surface area contributed by atoms with Crippen LogP contribution in [0.15, 0.2) is 46.9 Å². The monoisotopic (exact) mass is 599 g/mol. The predicted octanol–water partition coefficient (Wildman–Crippen LogP) is 6.40. The van der Waals surface area contributed by atoms with Crippen molar-refractivity contribution in [2.75, 3.05) is 32.8 Å². The van der Waals surface area contributed by atoms with Gasteiger partial charge in [-0.2, -0.15) is 8.42 Å². The molecule has 5 rings (SSSR count). The van der Waals surface area contributed by atoms with Crippen LogP contribution in [-0.4, -0.2) is 62.3 Å². The third-order valence-electron chi connectivity index (χ3n) is 8.06. The fourth-order valence-corrected chi connectivity index (χ4v) is 6.31. The highest BCUT2D eigenvalue weighted by Gasteiger charge is 2.39. The van der Waals surface area contributed by atoms with Crippen molar-refractivity contribution in [2.24, 2.45) is 0 Å². The summed E-state index contributed by atoms with van der Waals surface area (Å²) in [4.78, 5) is 14.9. The minimum atomic E-state index is -4.02. The Labute approximate surface area is 250 Å². The molecule has 0 unspecified atom stereocenters. The quantitative estimate of drug-likeness (QED) is 0.153. The SMILES string of the molecule is CCCCCCc1cc(OC(=O)CN2CCOCC2)c2c(c1)OC(C)(C)C1=C2CCC1.Cc1ccc(S(=O)(=O)O)cc1. The highest BCUT2D eigenvalue weighted by molar-refractivity contribution is 7.85. The molecule has 0 bridgehead atoms. The molecule has 0 spiro atoms. The number of carbonyl (C=O) groups excluding carboxylic acids is 1. The summed E-state index contributed by atoms with van der Waals surface area (Å²) in [5.74, 6) is 1.37. The van der Waals surface area contributed by atoms with Crippen LogP contribution < -0.4 is 9.47 Å². The number of aryl methyl sites for hydroxylation is 2. The van der Waals surface area contributed by atoms with Gasteiger partial charge in [0.25, 0.3) is 10.1 Å². The molecule has 8 nitrogen and oxygen atoms in total. The summed E-state index contributed by atoms with van der Waals surface area (Å²) in [5.41, 5.74) is 5.56. The van der Waals surface area contributed by atoms with Crippen LogP contribution in [0, 0.1) is 6.92 Å². The van der Waals surface area contributed by atoms with E-state index in [0.717, 1.165) is 62.1 Å². The van der Waals surface area contributed by atoms with Crippen LogP contribution in [0.2, 0.25) is 0 Å². The summed E-state index contributed by atoms with van der Waals surface area (Å²) in [7, 11) is -4.02. The molecule has 0 saturated carbocycles. The molecule has 42 heavy (non-hydrogen) atoms. The third-order valence-corrected chi connectivity index (χ3v) is 8.92. The molecule has 9 heteroatoms. The van der Waals surface area contributed by atoms with E-state index < -0.39 is 10.1 Å². The number of morpholine rings is 1. The highest BCUT2D eigenvalue weighted by Crippen LogP contribution is 2.52. The number of fused-ring (bicyclic) bond motifs is 2. The second-order valence-corrected chi connectivity index (χ2v) is 13.3. The first-order chi connectivity index (χ1) is 20.0. The molecule has 0 atom stereocenters. The Balaban J connectivity index is 0.000000310. The lowest BCUT2D eigenvalue weighted by Crippen LogP contribution is -2.40. The molecule has 1 N–H and O–H groups in total. The van der Waals surface area contributed by atoms with Gasteiger partial charge in [-0.25, -0.2) is 0 Å². The molecule has 2 aromatic rings. The van der Waals surface area contributed by atoms with Gasteiger partial charge >= 0.3 is 5.97 Å². The zero-order valence-electron chi connectivity index (χ0n) is 25.4. The van der Waals surface area contributed by atoms with Crippen molar-refractivity contribution in [3.63, 3.8) is 0 Å². The van der Waals surface area contributed by atoms with Crippen molar-refractivity contribution in [1.82, 2.24) is 4.90 Å². The fraction of sp³-hybridized carbons (Fsp3) is 0.545. The molecule has 2 aromatic carbocycles. The molecule has 1 fully saturated rings. The van der Waals surface area contributed by atoms with Crippen LogP contribution in [0.1, 0.15) is 82.4 Å². The van der Waals surface area contributed by atoms with Crippen LogP contribution in [0.4, 0.5) is 0 Å². The molecule has 2 heterocycles. The zero-order chi connectivity index (χ0) is 30.3. The van der Waals surface area contributed by atoms with Crippen LogP contribution in [0.3, 0.4) is 0 Å². The summed E-state index contributed by atoms with van der Waals surface area (Å²) in [5, 5.41) is 0. The molecule has 0 radical (unpaired) electrons. The van der Waals surface area contributed by atoms with Gasteiger partial charge in [-0.3, -0.25) is 14.2 Å². The van der Waals surface area contributed by atoms with Gasteiger partial charge in [0.05, 0.1) is 30.2 Å². The van der Waals surface area contributed by atoms with Crippen LogP contribution in [-0.2, 0) is 26.1 Å². The van der Waals surface area contributed by atoms with E-state index in [4.69, 9.17) is 18.8 Å². The second-order valence-electron chi connectivity index (χ2n) is 11.9. The van der Waals surface area contributed by atoms with Gasteiger partial charge in [-0.05, 0) is 93.9 Å². The number of carbonyl (C=O) groups is 1. The Morgan fingerprint density at radius 3 is 2.43 bits per heavy atom. The molecular weight excluding hydrogens is 554 g/mol. The zero-order valence-corrected chi connectivity index (χ0v) is 26.2. The first-order valence-corrected chi connectivity index (χ1v) is 16.6. The van der Waals surface area contributed by atoms with Gasteiger partial charge in [-0.1, -0.05) is 43.9 Å². The minimum Gasteiger partial charge on any atom is -0.483 e. The molecule has 230 valence electrons. The Kier molecular flexibility index (Phi) is 10.9. The van der Waals surface area contributed by atoms with Crippen molar-refractivity contribution in [3.8, 4) is 11.5 Å². The Bertz CT molecular complexity index is 1370. The van der Waals surface area contributed by atoms with Crippen molar-refractivity contribution in [1.29, 1.82) is 0 Å². The second kappa shape index (κ2) is 14.2. The van der Waals surface area contributed by atoms with Gasteiger partial charge in [0.15, 0.2) is 0 Å². The number of hydrogen-bond donors (Lipinski definition) is 1. The number of rotatable bonds is 9. The lowest BCUT2D eigenvalue weighted by molar-refractivity contribution is -0.136. The first kappa shape index (κ1) is 32.2. The largest absolute Gasteiger partial charge is 0.483 e. The molecule has 1 saturated heterocycles. The van der Waals surface area contributed by atoms with E-state index in [0.29, 0.717) is 25.5 Å². The lowest BCUT2D eigenvalue weighted by Gasteiger charge is -2.36. The smallest absolute Gasteiger partial charge is 0.325 e. The third kappa shape index (κ3) is 8.43. The van der Waals surface area contributed by atoms with Gasteiger partial charge in [0, 0.05) is 13.1 Å². The lowest BCUT2D eigenvalue weighted by atomic mass is 9.86. The number of benzene rings is 2. The van der Waals surface area contributed by atoms with Crippen molar-refractivity contribution in [2.45, 2.75) is 89.6 Å². The Hall–Kier alpha value is -2.72. The summed E-state index contributed by atoms with van der Waals surface area (Å²) >= 11 is 0. The van der Waals surface area contributed by atoms with Gasteiger partial charge in [0.2, 0.25) is 0 Å². The van der Waals surface area contributed by atoms with E-state index in [2.05, 4.69) is 37.8 Å². The minimum absolute atomic E-state index is 0.0666. The summed E-state index contributed by atoms with van der Waals surface area (Å²) in [6.07, 6.45) is 9.05. The maximum Gasteiger partial charge on any atom is 0.325 e. The van der Waals surface area contributed by atoms with E-state index in [1.807, 2.05) is 6.92 Å². The molecule has 1 aliphatic carbocycles. The van der Waals surface area contributed by atoms with E-state index >= 15 is 0 Å². The van der Waals surface area contributed by atoms with E-state index in [1.165, 1.54) is 48.1 Å². The van der Waals surface area contributed by atoms with Gasteiger partial charge in [0.1, 0.15) is 17.1 Å². The summed E-state index contributed by atoms with van der Waals surface area (Å²) in [6.45, 7) is 11.6. The predicted molar refractivity (Wildman–Crippen MR) is 164 cm³/mol. The number of esters is 1. The molecular formula is C33H45NO7S. The van der Waals surface area contributed by atoms with E-state index in [9.17, 15) is 13.2 Å². The van der Waals surface area contributed by atoms with Gasteiger partial charge in [-0.15, -0.1) is 0 Å². The fourth-order valence-electron chi connectivity index (χ4n) is 5.83. The summed E-state index contributed by atoms with van der Waals surface area (Å²) in [6, 6.07) is 10.3. The summed E-state index contributed by atoms with van der Waals surface area (Å²) < 4.78 is 47.5. The number of allylic oxidation sites excluding steroid dienone is 1. The first-order valence-electron chi connectivity index (χ1n) is 15.1. The van der Waals surface area contributed by atoms with Crippen molar-refractivity contribution >= 4 is 21.7 Å². The normalized spacial score (nSPS) is 17.9.